The molecule has 2 aromatic rings. The molecule has 34 heavy (non-hydrogen) atoms. The fourth-order valence-corrected chi connectivity index (χ4v) is 4.87. The second kappa shape index (κ2) is 10.5. The van der Waals surface area contributed by atoms with E-state index in [1.54, 1.807) is 17.3 Å². The van der Waals surface area contributed by atoms with Gasteiger partial charge in [-0.3, -0.25) is 14.6 Å². The monoisotopic (exact) mass is 466 g/mol. The van der Waals surface area contributed by atoms with Gasteiger partial charge in [0.2, 0.25) is 17.7 Å². The van der Waals surface area contributed by atoms with Crippen molar-refractivity contribution < 1.29 is 19.1 Å². The Morgan fingerprint density at radius 3 is 2.68 bits per heavy atom. The lowest BCUT2D eigenvalue weighted by Crippen LogP contribution is -2.52. The van der Waals surface area contributed by atoms with Crippen LogP contribution in [-0.2, 0) is 14.3 Å². The topological polar surface area (TPSA) is 84.9 Å². The van der Waals surface area contributed by atoms with Crippen LogP contribution >= 0.6 is 0 Å². The third-order valence-electron chi connectivity index (χ3n) is 6.97. The molecule has 0 aliphatic carbocycles. The minimum Gasteiger partial charge on any atom is -0.437 e. The minimum atomic E-state index is -0.451. The molecule has 2 saturated heterocycles. The summed E-state index contributed by atoms with van der Waals surface area (Å²) in [5.41, 5.74) is 1.52. The fourth-order valence-electron chi connectivity index (χ4n) is 4.87. The Morgan fingerprint density at radius 2 is 1.94 bits per heavy atom. The van der Waals surface area contributed by atoms with Gasteiger partial charge in [-0.05, 0) is 50.3 Å². The number of aromatic nitrogens is 2. The Bertz CT molecular complexity index is 1020. The average molecular weight is 467 g/mol. The van der Waals surface area contributed by atoms with E-state index < -0.39 is 5.41 Å². The molecule has 2 fully saturated rings. The van der Waals surface area contributed by atoms with Crippen molar-refractivity contribution in [2.24, 2.45) is 5.41 Å². The van der Waals surface area contributed by atoms with Gasteiger partial charge in [0.15, 0.2) is 0 Å². The van der Waals surface area contributed by atoms with Crippen LogP contribution in [0.15, 0.2) is 36.7 Å². The highest BCUT2D eigenvalue weighted by Gasteiger charge is 2.41. The van der Waals surface area contributed by atoms with Gasteiger partial charge in [-0.15, -0.1) is 0 Å². The second-order valence-electron chi connectivity index (χ2n) is 9.67. The number of hydrogen-bond acceptors (Lipinski definition) is 6. The van der Waals surface area contributed by atoms with E-state index in [1.165, 1.54) is 7.11 Å². The number of nitrogens with zero attached hydrogens (tertiary/aromatic N) is 4. The first-order valence-corrected chi connectivity index (χ1v) is 12.0. The number of methoxy groups -OCH3 is 1. The summed E-state index contributed by atoms with van der Waals surface area (Å²) in [7, 11) is 1.52. The number of piperidine rings is 2. The second-order valence-corrected chi connectivity index (χ2v) is 9.67. The third-order valence-corrected chi connectivity index (χ3v) is 6.97. The van der Waals surface area contributed by atoms with E-state index in [9.17, 15) is 9.59 Å². The molecule has 0 N–H and O–H groups in total. The normalized spacial score (nSPS) is 20.1. The molecule has 1 aromatic carbocycles. The zero-order valence-electron chi connectivity index (χ0n) is 20.3. The molecular weight excluding hydrogens is 432 g/mol. The van der Waals surface area contributed by atoms with Gasteiger partial charge in [-0.2, -0.15) is 0 Å². The van der Waals surface area contributed by atoms with Crippen LogP contribution in [0.4, 0.5) is 0 Å². The molecule has 182 valence electrons. The van der Waals surface area contributed by atoms with Gasteiger partial charge < -0.3 is 19.3 Å². The molecule has 8 heteroatoms. The number of benzene rings is 1. The predicted octanol–water partition coefficient (Wildman–Crippen LogP) is 3.56. The maximum Gasteiger partial charge on any atom is 0.248 e. The Balaban J connectivity index is 1.39. The molecule has 0 radical (unpaired) electrons. The standard InChI is InChI=1S/C26H34N4O4/c1-19-6-4-8-21(14-19)34-23-16-27-15-22(28-23)20-7-5-11-30(17-20)25(32)26(2)9-12-29(13-10-26)24(31)18-33-3/h4,6,8,14-16,20H,5,7,9-13,17-18H2,1-3H3. The highest BCUT2D eigenvalue weighted by Crippen LogP contribution is 2.36. The number of ether oxygens (including phenoxy) is 2. The first kappa shape index (κ1) is 24.1. The van der Waals surface area contributed by atoms with E-state index in [-0.39, 0.29) is 24.3 Å². The summed E-state index contributed by atoms with van der Waals surface area (Å²) >= 11 is 0. The summed E-state index contributed by atoms with van der Waals surface area (Å²) in [5, 5.41) is 0. The average Bonchev–Trinajstić information content (AvgIpc) is 2.84. The molecule has 0 bridgehead atoms. The SMILES string of the molecule is COCC(=O)N1CCC(C)(C(=O)N2CCCC(c3cncc(Oc4cccc(C)c4)n3)C2)CC1. The van der Waals surface area contributed by atoms with Gasteiger partial charge in [0.25, 0.3) is 0 Å². The van der Waals surface area contributed by atoms with E-state index in [0.29, 0.717) is 38.4 Å². The molecule has 0 saturated carbocycles. The predicted molar refractivity (Wildman–Crippen MR) is 128 cm³/mol. The highest BCUT2D eigenvalue weighted by atomic mass is 16.5. The van der Waals surface area contributed by atoms with Crippen LogP contribution in [0.1, 0.15) is 49.8 Å². The summed E-state index contributed by atoms with van der Waals surface area (Å²) in [4.78, 5) is 38.5. The number of hydrogen-bond donors (Lipinski definition) is 0. The molecule has 0 spiro atoms. The first-order valence-electron chi connectivity index (χ1n) is 12.0. The summed E-state index contributed by atoms with van der Waals surface area (Å²) in [6.45, 7) is 6.70. The Morgan fingerprint density at radius 1 is 1.15 bits per heavy atom. The number of carbonyl (C=O) groups excluding carboxylic acids is 2. The van der Waals surface area contributed by atoms with Crippen molar-refractivity contribution in [2.45, 2.75) is 45.4 Å². The van der Waals surface area contributed by atoms with Gasteiger partial charge in [0.1, 0.15) is 12.4 Å². The quantitative estimate of drug-likeness (QED) is 0.647. The summed E-state index contributed by atoms with van der Waals surface area (Å²) in [5.74, 6) is 1.48. The largest absolute Gasteiger partial charge is 0.437 e. The van der Waals surface area contributed by atoms with E-state index in [0.717, 1.165) is 36.4 Å². The molecule has 2 aliphatic heterocycles. The maximum absolute atomic E-state index is 13.5. The van der Waals surface area contributed by atoms with Gasteiger partial charge in [-0.1, -0.05) is 19.1 Å². The van der Waals surface area contributed by atoms with E-state index in [2.05, 4.69) is 4.98 Å². The van der Waals surface area contributed by atoms with E-state index in [1.807, 2.05) is 43.0 Å². The van der Waals surface area contributed by atoms with Crippen molar-refractivity contribution >= 4 is 11.8 Å². The van der Waals surface area contributed by atoms with Gasteiger partial charge in [0.05, 0.1) is 11.9 Å². The lowest BCUT2D eigenvalue weighted by atomic mass is 9.78. The van der Waals surface area contributed by atoms with Gasteiger partial charge >= 0.3 is 0 Å². The summed E-state index contributed by atoms with van der Waals surface area (Å²) in [6, 6.07) is 7.83. The van der Waals surface area contributed by atoms with Gasteiger partial charge in [-0.25, -0.2) is 4.98 Å². The van der Waals surface area contributed by atoms with Crippen molar-refractivity contribution in [3.05, 3.63) is 47.9 Å². The molecule has 4 rings (SSSR count). The minimum absolute atomic E-state index is 0.0126. The van der Waals surface area contributed by atoms with Crippen molar-refractivity contribution in [1.29, 1.82) is 0 Å². The molecule has 8 nitrogen and oxygen atoms in total. The molecule has 1 atom stereocenters. The molecule has 3 heterocycles. The van der Waals surface area contributed by atoms with Crippen LogP contribution in [0.25, 0.3) is 0 Å². The van der Waals surface area contributed by atoms with Crippen molar-refractivity contribution in [1.82, 2.24) is 19.8 Å². The Kier molecular flexibility index (Phi) is 7.46. The van der Waals surface area contributed by atoms with Gasteiger partial charge in [0, 0.05) is 50.8 Å². The molecule has 1 unspecified atom stereocenters. The van der Waals surface area contributed by atoms with Crippen LogP contribution < -0.4 is 4.74 Å². The molecule has 2 aliphatic rings. The fraction of sp³-hybridized carbons (Fsp3) is 0.538. The Labute approximate surface area is 201 Å². The first-order chi connectivity index (χ1) is 16.4. The third kappa shape index (κ3) is 5.55. The Hall–Kier alpha value is -3.00. The summed E-state index contributed by atoms with van der Waals surface area (Å²) < 4.78 is 10.9. The molecule has 1 aromatic heterocycles. The smallest absolute Gasteiger partial charge is 0.248 e. The van der Waals surface area contributed by atoms with Crippen LogP contribution in [0.5, 0.6) is 11.6 Å². The summed E-state index contributed by atoms with van der Waals surface area (Å²) in [6.07, 6.45) is 6.63. The maximum atomic E-state index is 13.5. The highest BCUT2D eigenvalue weighted by molar-refractivity contribution is 5.83. The van der Waals surface area contributed by atoms with E-state index in [4.69, 9.17) is 14.5 Å². The van der Waals surface area contributed by atoms with Crippen molar-refractivity contribution in [3.8, 4) is 11.6 Å². The van der Waals surface area contributed by atoms with Crippen LogP contribution in [0, 0.1) is 12.3 Å². The number of rotatable bonds is 6. The lowest BCUT2D eigenvalue weighted by Gasteiger charge is -2.43. The lowest BCUT2D eigenvalue weighted by molar-refractivity contribution is -0.149. The van der Waals surface area contributed by atoms with Crippen LogP contribution in [-0.4, -0.2) is 71.5 Å². The van der Waals surface area contributed by atoms with Crippen LogP contribution in [0.2, 0.25) is 0 Å². The molecular formula is C26H34N4O4. The van der Waals surface area contributed by atoms with Crippen molar-refractivity contribution in [2.75, 3.05) is 39.9 Å². The number of carbonyl (C=O) groups is 2. The number of amides is 2. The number of aryl methyl sites for hydroxylation is 1. The number of likely N-dealkylation sites (tertiary alicyclic amines) is 2. The zero-order valence-corrected chi connectivity index (χ0v) is 20.3. The van der Waals surface area contributed by atoms with Crippen molar-refractivity contribution in [3.63, 3.8) is 0 Å². The zero-order chi connectivity index (χ0) is 24.1. The molecule has 2 amide bonds. The van der Waals surface area contributed by atoms with Crippen LogP contribution in [0.3, 0.4) is 0 Å². The van der Waals surface area contributed by atoms with E-state index >= 15 is 0 Å².